The van der Waals surface area contributed by atoms with E-state index < -0.39 is 0 Å². The molecule has 0 fully saturated rings. The van der Waals surface area contributed by atoms with E-state index in [0.717, 1.165) is 11.3 Å². The third-order valence-electron chi connectivity index (χ3n) is 4.09. The third-order valence-corrected chi connectivity index (χ3v) is 4.09. The first-order valence-electron chi connectivity index (χ1n) is 8.25. The van der Waals surface area contributed by atoms with Gasteiger partial charge in [0, 0.05) is 11.3 Å². The summed E-state index contributed by atoms with van der Waals surface area (Å²) in [6, 6.07) is 14.4. The maximum atomic E-state index is 12.9. The summed E-state index contributed by atoms with van der Waals surface area (Å²) in [5.74, 6) is -0.296. The molecule has 128 valence electrons. The summed E-state index contributed by atoms with van der Waals surface area (Å²) in [6.45, 7) is 8.80. The van der Waals surface area contributed by atoms with Gasteiger partial charge in [-0.05, 0) is 42.2 Å². The maximum absolute atomic E-state index is 12.9. The Morgan fingerprint density at radius 2 is 1.67 bits per heavy atom. The fourth-order valence-corrected chi connectivity index (χ4v) is 2.45. The van der Waals surface area contributed by atoms with Gasteiger partial charge in [0.2, 0.25) is 0 Å². The molecule has 0 radical (unpaired) electrons. The molecule has 0 bridgehead atoms. The summed E-state index contributed by atoms with van der Waals surface area (Å²) >= 11 is 0. The first kappa shape index (κ1) is 18.1. The number of nitrogens with two attached hydrogens (primary N) is 1. The van der Waals surface area contributed by atoms with E-state index in [1.54, 1.807) is 12.1 Å². The van der Waals surface area contributed by atoms with Gasteiger partial charge in [-0.2, -0.15) is 0 Å². The molecule has 2 aromatic carbocycles. The van der Waals surface area contributed by atoms with E-state index in [-0.39, 0.29) is 23.2 Å². The SMILES string of the molecule is C[C@H]([NH2+]CC(=O)Nc1ccc(C(C)(C)C)cc1)c1ccc(F)cc1. The number of quaternary nitrogens is 1. The van der Waals surface area contributed by atoms with Crippen LogP contribution in [0, 0.1) is 5.82 Å². The number of hydrogen-bond acceptors (Lipinski definition) is 1. The van der Waals surface area contributed by atoms with Crippen LogP contribution in [-0.4, -0.2) is 12.5 Å². The van der Waals surface area contributed by atoms with Crippen LogP contribution in [-0.2, 0) is 10.2 Å². The Hall–Kier alpha value is -2.20. The van der Waals surface area contributed by atoms with Gasteiger partial charge in [0.05, 0.1) is 0 Å². The molecule has 0 spiro atoms. The standard InChI is InChI=1S/C20H25FN2O/c1-14(15-5-9-17(21)10-6-15)22-13-19(24)23-18-11-7-16(8-12-18)20(2,3)4/h5-12,14,22H,13H2,1-4H3,(H,23,24)/p+1/t14-/m0/s1. The van der Waals surface area contributed by atoms with E-state index >= 15 is 0 Å². The van der Waals surface area contributed by atoms with Gasteiger partial charge in [-0.25, -0.2) is 4.39 Å². The highest BCUT2D eigenvalue weighted by molar-refractivity contribution is 5.91. The maximum Gasteiger partial charge on any atom is 0.279 e. The van der Waals surface area contributed by atoms with Gasteiger partial charge in [-0.15, -0.1) is 0 Å². The van der Waals surface area contributed by atoms with E-state index in [1.807, 2.05) is 36.5 Å². The fraction of sp³-hybridized carbons (Fsp3) is 0.350. The van der Waals surface area contributed by atoms with Crippen LogP contribution in [0.4, 0.5) is 10.1 Å². The van der Waals surface area contributed by atoms with Crippen molar-refractivity contribution in [3.8, 4) is 0 Å². The molecule has 1 atom stereocenters. The van der Waals surface area contributed by atoms with Crippen molar-refractivity contribution < 1.29 is 14.5 Å². The van der Waals surface area contributed by atoms with Crippen molar-refractivity contribution in [2.75, 3.05) is 11.9 Å². The second-order valence-corrected chi connectivity index (χ2v) is 7.16. The minimum Gasteiger partial charge on any atom is -0.333 e. The van der Waals surface area contributed by atoms with Crippen LogP contribution >= 0.6 is 0 Å². The van der Waals surface area contributed by atoms with Crippen molar-refractivity contribution in [3.05, 3.63) is 65.5 Å². The van der Waals surface area contributed by atoms with Crippen molar-refractivity contribution in [1.29, 1.82) is 0 Å². The van der Waals surface area contributed by atoms with Crippen LogP contribution in [0.15, 0.2) is 48.5 Å². The lowest BCUT2D eigenvalue weighted by molar-refractivity contribution is -0.682. The molecule has 4 heteroatoms. The van der Waals surface area contributed by atoms with Gasteiger partial charge in [0.15, 0.2) is 6.54 Å². The molecule has 0 heterocycles. The minimum absolute atomic E-state index is 0.0486. The highest BCUT2D eigenvalue weighted by Gasteiger charge is 2.14. The number of nitrogens with one attached hydrogen (secondary N) is 1. The van der Waals surface area contributed by atoms with Crippen LogP contribution in [0.3, 0.4) is 0 Å². The minimum atomic E-state index is -0.248. The zero-order valence-corrected chi connectivity index (χ0v) is 14.8. The average molecular weight is 329 g/mol. The lowest BCUT2D eigenvalue weighted by atomic mass is 9.87. The van der Waals surface area contributed by atoms with E-state index in [1.165, 1.54) is 17.7 Å². The molecule has 24 heavy (non-hydrogen) atoms. The van der Waals surface area contributed by atoms with Gasteiger partial charge >= 0.3 is 0 Å². The highest BCUT2D eigenvalue weighted by Crippen LogP contribution is 2.23. The number of carbonyl (C=O) groups excluding carboxylic acids is 1. The normalized spacial score (nSPS) is 12.7. The smallest absolute Gasteiger partial charge is 0.279 e. The van der Waals surface area contributed by atoms with Crippen LogP contribution < -0.4 is 10.6 Å². The zero-order valence-electron chi connectivity index (χ0n) is 14.8. The molecule has 0 aromatic heterocycles. The fourth-order valence-electron chi connectivity index (χ4n) is 2.45. The molecule has 3 nitrogen and oxygen atoms in total. The van der Waals surface area contributed by atoms with Crippen molar-refractivity contribution in [3.63, 3.8) is 0 Å². The van der Waals surface area contributed by atoms with Crippen molar-refractivity contribution in [1.82, 2.24) is 0 Å². The second kappa shape index (κ2) is 7.58. The van der Waals surface area contributed by atoms with Gasteiger partial charge in [0.1, 0.15) is 11.9 Å². The number of amides is 1. The predicted octanol–water partition coefficient (Wildman–Crippen LogP) is 3.39. The summed E-state index contributed by atoms with van der Waals surface area (Å²) in [4.78, 5) is 12.1. The van der Waals surface area contributed by atoms with Crippen LogP contribution in [0.5, 0.6) is 0 Å². The highest BCUT2D eigenvalue weighted by atomic mass is 19.1. The molecule has 0 aliphatic heterocycles. The summed E-state index contributed by atoms with van der Waals surface area (Å²) in [5, 5.41) is 4.84. The Kier molecular flexibility index (Phi) is 5.73. The van der Waals surface area contributed by atoms with Gasteiger partial charge in [-0.3, -0.25) is 4.79 Å². The molecule has 0 saturated heterocycles. The quantitative estimate of drug-likeness (QED) is 0.868. The number of rotatable bonds is 5. The van der Waals surface area contributed by atoms with Crippen LogP contribution in [0.25, 0.3) is 0 Å². The number of anilines is 1. The predicted molar refractivity (Wildman–Crippen MR) is 95.4 cm³/mol. The number of hydrogen-bond donors (Lipinski definition) is 2. The molecule has 1 amide bonds. The lowest BCUT2D eigenvalue weighted by Crippen LogP contribution is -2.86. The Morgan fingerprint density at radius 1 is 1.08 bits per heavy atom. The van der Waals surface area contributed by atoms with Crippen molar-refractivity contribution >= 4 is 11.6 Å². The first-order chi connectivity index (χ1) is 11.3. The average Bonchev–Trinajstić information content (AvgIpc) is 2.53. The zero-order chi connectivity index (χ0) is 17.7. The Bertz CT molecular complexity index is 672. The molecule has 2 aromatic rings. The van der Waals surface area contributed by atoms with E-state index in [4.69, 9.17) is 0 Å². The Balaban J connectivity index is 1.86. The van der Waals surface area contributed by atoms with E-state index in [2.05, 4.69) is 26.1 Å². The molecule has 2 rings (SSSR count). The first-order valence-corrected chi connectivity index (χ1v) is 8.25. The largest absolute Gasteiger partial charge is 0.333 e. The summed E-state index contributed by atoms with van der Waals surface area (Å²) in [5.41, 5.74) is 3.13. The van der Waals surface area contributed by atoms with Gasteiger partial charge < -0.3 is 10.6 Å². The summed E-state index contributed by atoms with van der Waals surface area (Å²) < 4.78 is 12.9. The van der Waals surface area contributed by atoms with Crippen molar-refractivity contribution in [2.45, 2.75) is 39.2 Å². The summed E-state index contributed by atoms with van der Waals surface area (Å²) in [6.07, 6.45) is 0. The van der Waals surface area contributed by atoms with Crippen LogP contribution in [0.2, 0.25) is 0 Å². The number of carbonyl (C=O) groups is 1. The van der Waals surface area contributed by atoms with Gasteiger partial charge in [-0.1, -0.05) is 45.0 Å². The Morgan fingerprint density at radius 3 is 2.21 bits per heavy atom. The third kappa shape index (κ3) is 5.17. The number of benzene rings is 2. The second-order valence-electron chi connectivity index (χ2n) is 7.16. The summed E-state index contributed by atoms with van der Waals surface area (Å²) in [7, 11) is 0. The molecular formula is C20H26FN2O+. The monoisotopic (exact) mass is 329 g/mol. The molecule has 0 saturated carbocycles. The Labute approximate surface area is 143 Å². The van der Waals surface area contributed by atoms with E-state index in [0.29, 0.717) is 6.54 Å². The molecule has 0 aliphatic carbocycles. The molecule has 3 N–H and O–H groups in total. The molecule has 0 unspecified atom stereocenters. The lowest BCUT2D eigenvalue weighted by Gasteiger charge is -2.19. The molecular weight excluding hydrogens is 303 g/mol. The topological polar surface area (TPSA) is 45.7 Å². The van der Waals surface area contributed by atoms with Crippen molar-refractivity contribution in [2.24, 2.45) is 0 Å². The number of halogens is 1. The van der Waals surface area contributed by atoms with Crippen LogP contribution in [0.1, 0.15) is 44.9 Å². The van der Waals surface area contributed by atoms with Gasteiger partial charge in [0.25, 0.3) is 5.91 Å². The molecule has 0 aliphatic rings. The van der Waals surface area contributed by atoms with E-state index in [9.17, 15) is 9.18 Å².